The SMILES string of the molecule is COC[C@@H](C)NC(=O)CSc1nc2ccc([N+](=O)[O-])cc2s1. The summed E-state index contributed by atoms with van der Waals surface area (Å²) in [5, 5.41) is 13.6. The van der Waals surface area contributed by atoms with E-state index in [1.807, 2.05) is 6.92 Å². The van der Waals surface area contributed by atoms with Gasteiger partial charge in [-0.05, 0) is 13.0 Å². The summed E-state index contributed by atoms with van der Waals surface area (Å²) in [6.45, 7) is 2.32. The zero-order valence-corrected chi connectivity index (χ0v) is 13.7. The molecule has 1 amide bonds. The maximum absolute atomic E-state index is 11.8. The van der Waals surface area contributed by atoms with Crippen LogP contribution >= 0.6 is 23.1 Å². The van der Waals surface area contributed by atoms with Gasteiger partial charge in [-0.15, -0.1) is 11.3 Å². The first-order valence-electron chi connectivity index (χ1n) is 6.45. The van der Waals surface area contributed by atoms with Gasteiger partial charge in [0, 0.05) is 25.3 Å². The number of nitrogens with zero attached hydrogens (tertiary/aromatic N) is 2. The van der Waals surface area contributed by atoms with Gasteiger partial charge in [0.1, 0.15) is 0 Å². The highest BCUT2D eigenvalue weighted by molar-refractivity contribution is 8.01. The van der Waals surface area contributed by atoms with E-state index in [0.29, 0.717) is 16.5 Å². The lowest BCUT2D eigenvalue weighted by Crippen LogP contribution is -2.36. The quantitative estimate of drug-likeness (QED) is 0.472. The molecule has 0 spiro atoms. The Morgan fingerprint density at radius 1 is 1.59 bits per heavy atom. The monoisotopic (exact) mass is 341 g/mol. The molecular formula is C13H15N3O4S2. The summed E-state index contributed by atoms with van der Waals surface area (Å²) in [6.07, 6.45) is 0. The number of amides is 1. The highest BCUT2D eigenvalue weighted by atomic mass is 32.2. The molecule has 0 fully saturated rings. The smallest absolute Gasteiger partial charge is 0.270 e. The summed E-state index contributed by atoms with van der Waals surface area (Å²) in [6, 6.07) is 4.50. The first-order valence-corrected chi connectivity index (χ1v) is 8.26. The second-order valence-corrected chi connectivity index (χ2v) is 6.85. The lowest BCUT2D eigenvalue weighted by atomic mass is 10.3. The van der Waals surface area contributed by atoms with Crippen LogP contribution in [0, 0.1) is 10.1 Å². The standard InChI is InChI=1S/C13H15N3O4S2/c1-8(6-20-2)14-12(17)7-21-13-15-10-4-3-9(16(18)19)5-11(10)22-13/h3-5,8H,6-7H2,1-2H3,(H,14,17)/t8-/m1/s1. The molecule has 1 heterocycles. The van der Waals surface area contributed by atoms with Gasteiger partial charge in [-0.2, -0.15) is 0 Å². The third kappa shape index (κ3) is 4.39. The zero-order chi connectivity index (χ0) is 16.1. The number of aromatic nitrogens is 1. The van der Waals surface area contributed by atoms with Gasteiger partial charge in [-0.1, -0.05) is 11.8 Å². The minimum Gasteiger partial charge on any atom is -0.383 e. The van der Waals surface area contributed by atoms with Crippen molar-refractivity contribution in [3.8, 4) is 0 Å². The van der Waals surface area contributed by atoms with Crippen molar-refractivity contribution in [1.29, 1.82) is 0 Å². The number of nitro groups is 1. The highest BCUT2D eigenvalue weighted by Gasteiger charge is 2.12. The van der Waals surface area contributed by atoms with Crippen molar-refractivity contribution in [3.05, 3.63) is 28.3 Å². The van der Waals surface area contributed by atoms with Gasteiger partial charge in [0.15, 0.2) is 4.34 Å². The van der Waals surface area contributed by atoms with Crippen LogP contribution in [0.4, 0.5) is 5.69 Å². The van der Waals surface area contributed by atoms with Crippen LogP contribution in [0.1, 0.15) is 6.92 Å². The van der Waals surface area contributed by atoms with E-state index < -0.39 is 4.92 Å². The van der Waals surface area contributed by atoms with Crippen LogP contribution < -0.4 is 5.32 Å². The average molecular weight is 341 g/mol. The lowest BCUT2D eigenvalue weighted by Gasteiger charge is -2.11. The fourth-order valence-electron chi connectivity index (χ4n) is 1.80. The van der Waals surface area contributed by atoms with Gasteiger partial charge in [0.2, 0.25) is 5.91 Å². The molecule has 0 unspecified atom stereocenters. The Hall–Kier alpha value is -1.71. The van der Waals surface area contributed by atoms with E-state index in [-0.39, 0.29) is 23.4 Å². The number of nitrogens with one attached hydrogen (secondary N) is 1. The molecule has 2 aromatic rings. The molecule has 0 aliphatic carbocycles. The second-order valence-electron chi connectivity index (χ2n) is 4.60. The Balaban J connectivity index is 1.97. The Labute approximate surface area is 135 Å². The largest absolute Gasteiger partial charge is 0.383 e. The molecule has 22 heavy (non-hydrogen) atoms. The van der Waals surface area contributed by atoms with Crippen LogP contribution in [-0.2, 0) is 9.53 Å². The minimum absolute atomic E-state index is 0.0406. The van der Waals surface area contributed by atoms with Crippen molar-refractivity contribution in [1.82, 2.24) is 10.3 Å². The number of thiazole rings is 1. The number of fused-ring (bicyclic) bond motifs is 1. The molecule has 1 aromatic heterocycles. The number of hydrogen-bond donors (Lipinski definition) is 1. The van der Waals surface area contributed by atoms with E-state index in [2.05, 4.69) is 10.3 Å². The topological polar surface area (TPSA) is 94.4 Å². The van der Waals surface area contributed by atoms with Crippen LogP contribution in [0.25, 0.3) is 10.2 Å². The van der Waals surface area contributed by atoms with E-state index in [9.17, 15) is 14.9 Å². The zero-order valence-electron chi connectivity index (χ0n) is 12.1. The number of ether oxygens (including phenoxy) is 1. The van der Waals surface area contributed by atoms with Crippen molar-refractivity contribution < 1.29 is 14.5 Å². The van der Waals surface area contributed by atoms with Crippen molar-refractivity contribution in [2.45, 2.75) is 17.3 Å². The summed E-state index contributed by atoms with van der Waals surface area (Å²) in [4.78, 5) is 26.4. The summed E-state index contributed by atoms with van der Waals surface area (Å²) in [7, 11) is 1.58. The van der Waals surface area contributed by atoms with Gasteiger partial charge in [0.25, 0.3) is 5.69 Å². The van der Waals surface area contributed by atoms with Crippen LogP contribution in [0.5, 0.6) is 0 Å². The number of rotatable bonds is 7. The number of carbonyl (C=O) groups excluding carboxylic acids is 1. The van der Waals surface area contributed by atoms with E-state index >= 15 is 0 Å². The molecule has 1 N–H and O–H groups in total. The molecule has 0 aliphatic heterocycles. The van der Waals surface area contributed by atoms with Crippen molar-refractivity contribution in [2.24, 2.45) is 0 Å². The summed E-state index contributed by atoms with van der Waals surface area (Å²) >= 11 is 2.66. The van der Waals surface area contributed by atoms with Crippen LogP contribution in [0.2, 0.25) is 0 Å². The lowest BCUT2D eigenvalue weighted by molar-refractivity contribution is -0.384. The summed E-state index contributed by atoms with van der Waals surface area (Å²) in [5.74, 6) is 0.149. The molecule has 0 aliphatic rings. The third-order valence-corrected chi connectivity index (χ3v) is 4.88. The summed E-state index contributed by atoms with van der Waals surface area (Å²) < 4.78 is 6.40. The number of carbonyl (C=O) groups is 1. The fourth-order valence-corrected chi connectivity index (χ4v) is 3.72. The number of methoxy groups -OCH3 is 1. The Bertz CT molecular complexity index is 689. The molecule has 7 nitrogen and oxygen atoms in total. The minimum atomic E-state index is -0.434. The fraction of sp³-hybridized carbons (Fsp3) is 0.385. The maximum Gasteiger partial charge on any atom is 0.270 e. The Morgan fingerprint density at radius 3 is 3.05 bits per heavy atom. The van der Waals surface area contributed by atoms with Gasteiger partial charge in [0.05, 0.1) is 27.5 Å². The third-order valence-electron chi connectivity index (χ3n) is 2.71. The van der Waals surface area contributed by atoms with Crippen molar-refractivity contribution in [2.75, 3.05) is 19.5 Å². The molecular weight excluding hydrogens is 326 g/mol. The van der Waals surface area contributed by atoms with Crippen LogP contribution in [0.3, 0.4) is 0 Å². The molecule has 118 valence electrons. The average Bonchev–Trinajstić information content (AvgIpc) is 2.87. The predicted molar refractivity (Wildman–Crippen MR) is 86.5 cm³/mol. The van der Waals surface area contributed by atoms with Gasteiger partial charge >= 0.3 is 0 Å². The van der Waals surface area contributed by atoms with E-state index in [1.165, 1.54) is 35.2 Å². The highest BCUT2D eigenvalue weighted by Crippen LogP contribution is 2.31. The van der Waals surface area contributed by atoms with E-state index in [0.717, 1.165) is 4.70 Å². The van der Waals surface area contributed by atoms with Gasteiger partial charge in [-0.3, -0.25) is 14.9 Å². The molecule has 9 heteroatoms. The molecule has 1 atom stereocenters. The normalized spacial score (nSPS) is 12.3. The molecule has 0 saturated carbocycles. The van der Waals surface area contributed by atoms with Crippen molar-refractivity contribution in [3.63, 3.8) is 0 Å². The predicted octanol–water partition coefficient (Wildman–Crippen LogP) is 2.45. The number of hydrogen-bond acceptors (Lipinski definition) is 7. The van der Waals surface area contributed by atoms with E-state index in [4.69, 9.17) is 4.74 Å². The molecule has 1 aromatic carbocycles. The number of benzene rings is 1. The van der Waals surface area contributed by atoms with Gasteiger partial charge in [-0.25, -0.2) is 4.98 Å². The van der Waals surface area contributed by atoms with Gasteiger partial charge < -0.3 is 10.1 Å². The number of thioether (sulfide) groups is 1. The molecule has 0 bridgehead atoms. The van der Waals surface area contributed by atoms with Crippen LogP contribution in [-0.4, -0.2) is 41.3 Å². The number of non-ortho nitro benzene ring substituents is 1. The van der Waals surface area contributed by atoms with Crippen LogP contribution in [0.15, 0.2) is 22.5 Å². The molecule has 0 radical (unpaired) electrons. The second kappa shape index (κ2) is 7.52. The first kappa shape index (κ1) is 16.7. The molecule has 0 saturated heterocycles. The maximum atomic E-state index is 11.8. The van der Waals surface area contributed by atoms with Crippen molar-refractivity contribution >= 4 is 44.9 Å². The van der Waals surface area contributed by atoms with E-state index in [1.54, 1.807) is 13.2 Å². The molecule has 2 rings (SSSR count). The summed E-state index contributed by atoms with van der Waals surface area (Å²) in [5.41, 5.74) is 0.741. The first-order chi connectivity index (χ1) is 10.5. The Morgan fingerprint density at radius 2 is 2.36 bits per heavy atom. The number of nitro benzene ring substituents is 1. The Kier molecular flexibility index (Phi) is 5.69.